The second-order valence-electron chi connectivity index (χ2n) is 2.13. The second kappa shape index (κ2) is 6.37. The van der Waals surface area contributed by atoms with E-state index in [4.69, 9.17) is 5.11 Å². The van der Waals surface area contributed by atoms with Crippen LogP contribution in [0.25, 0.3) is 0 Å². The number of hydrogen-bond donors (Lipinski definition) is 2. The topological polar surface area (TPSA) is 49.3 Å². The van der Waals surface area contributed by atoms with E-state index >= 15 is 0 Å². The Hall–Kier alpha value is -1.35. The van der Waals surface area contributed by atoms with E-state index in [1.54, 1.807) is 0 Å². The van der Waals surface area contributed by atoms with Gasteiger partial charge >= 0.3 is 0 Å². The van der Waals surface area contributed by atoms with Crippen LogP contribution in [0.3, 0.4) is 0 Å². The van der Waals surface area contributed by atoms with Gasteiger partial charge in [0, 0.05) is 12.8 Å². The van der Waals surface area contributed by atoms with Crippen LogP contribution >= 0.6 is 0 Å². The molecule has 0 radical (unpaired) electrons. The van der Waals surface area contributed by atoms with Crippen molar-refractivity contribution in [2.24, 2.45) is 0 Å². The lowest BCUT2D eigenvalue weighted by Crippen LogP contribution is -1.92. The quantitative estimate of drug-likeness (QED) is 0.649. The molecule has 12 heavy (non-hydrogen) atoms. The molecule has 1 rings (SSSR count). The van der Waals surface area contributed by atoms with Crippen LogP contribution in [-0.2, 0) is 4.79 Å². The van der Waals surface area contributed by atoms with Crippen molar-refractivity contribution in [3.63, 3.8) is 0 Å². The smallest absolute Gasteiger partial charge is 0.211 e. The number of aryl methyl sites for hydroxylation is 1. The number of carbonyl (C=O) groups excluding carboxylic acids is 1. The summed E-state index contributed by atoms with van der Waals surface area (Å²) in [5.41, 5.74) is 2.03. The monoisotopic (exact) mass is 167 g/mol. The Kier molecular flexibility index (Phi) is 5.65. The molecule has 0 fully saturated rings. The number of amides is 1. The van der Waals surface area contributed by atoms with Crippen LogP contribution < -0.4 is 5.32 Å². The maximum atomic E-state index is 9.95. The molecule has 0 heterocycles. The van der Waals surface area contributed by atoms with Gasteiger partial charge in [-0.3, -0.25) is 4.79 Å². The highest BCUT2D eigenvalue weighted by molar-refractivity contribution is 5.70. The molecule has 0 atom stereocenters. The second-order valence-corrected chi connectivity index (χ2v) is 2.13. The molecule has 0 aliphatic rings. The minimum atomic E-state index is 0.671. The molecule has 1 amide bonds. The molecule has 0 aliphatic carbocycles. The molecule has 0 aromatic heterocycles. The fourth-order valence-electron chi connectivity index (χ4n) is 0.718. The van der Waals surface area contributed by atoms with Crippen molar-refractivity contribution < 1.29 is 9.90 Å². The predicted molar refractivity (Wildman–Crippen MR) is 49.0 cm³/mol. The largest absolute Gasteiger partial charge is 0.400 e. The molecule has 3 heteroatoms. The molecule has 0 unspecified atom stereocenters. The Morgan fingerprint density at radius 1 is 1.25 bits per heavy atom. The summed E-state index contributed by atoms with van der Waals surface area (Å²) in [5.74, 6) is 0. The first-order chi connectivity index (χ1) is 5.83. The van der Waals surface area contributed by atoms with Crippen molar-refractivity contribution in [3.05, 3.63) is 29.8 Å². The third-order valence-corrected chi connectivity index (χ3v) is 1.28. The first kappa shape index (κ1) is 10.7. The fourth-order valence-corrected chi connectivity index (χ4v) is 0.718. The predicted octanol–water partition coefficient (Wildman–Crippen LogP) is 1.17. The minimum Gasteiger partial charge on any atom is -0.400 e. The van der Waals surface area contributed by atoms with Crippen molar-refractivity contribution >= 4 is 12.1 Å². The van der Waals surface area contributed by atoms with E-state index in [1.165, 1.54) is 5.56 Å². The van der Waals surface area contributed by atoms with E-state index in [2.05, 4.69) is 5.32 Å². The normalized spacial score (nSPS) is 7.92. The number of rotatable bonds is 2. The minimum absolute atomic E-state index is 0.671. The van der Waals surface area contributed by atoms with Crippen LogP contribution in [0.15, 0.2) is 24.3 Å². The Balaban J connectivity index is 0.000000561. The lowest BCUT2D eigenvalue weighted by Gasteiger charge is -1.96. The van der Waals surface area contributed by atoms with Crippen LogP contribution in [0.4, 0.5) is 5.69 Å². The molecule has 0 spiro atoms. The van der Waals surface area contributed by atoms with Crippen LogP contribution in [-0.4, -0.2) is 18.6 Å². The molecule has 0 saturated heterocycles. The van der Waals surface area contributed by atoms with Crippen LogP contribution in [0.2, 0.25) is 0 Å². The Labute approximate surface area is 72.0 Å². The highest BCUT2D eigenvalue weighted by Gasteiger charge is 1.86. The van der Waals surface area contributed by atoms with Gasteiger partial charge < -0.3 is 10.4 Å². The zero-order valence-electron chi connectivity index (χ0n) is 7.24. The summed E-state index contributed by atoms with van der Waals surface area (Å²) in [6.45, 7) is 2.00. The van der Waals surface area contributed by atoms with E-state index in [9.17, 15) is 4.79 Å². The number of nitrogens with one attached hydrogen (secondary N) is 1. The standard InChI is InChI=1S/C8H9NO.CH4O/c1-7-2-4-8(5-3-7)9-6-10;1-2/h2-6H,1H3,(H,9,10);2H,1H3. The van der Waals surface area contributed by atoms with Crippen LogP contribution in [0.1, 0.15) is 5.56 Å². The van der Waals surface area contributed by atoms with E-state index < -0.39 is 0 Å². The average molecular weight is 167 g/mol. The van der Waals surface area contributed by atoms with Gasteiger partial charge in [-0.2, -0.15) is 0 Å². The highest BCUT2D eigenvalue weighted by Crippen LogP contribution is 2.06. The van der Waals surface area contributed by atoms with Gasteiger partial charge in [0.15, 0.2) is 0 Å². The lowest BCUT2D eigenvalue weighted by atomic mass is 10.2. The maximum absolute atomic E-state index is 9.95. The third-order valence-electron chi connectivity index (χ3n) is 1.28. The van der Waals surface area contributed by atoms with Crippen LogP contribution in [0, 0.1) is 6.92 Å². The number of carbonyl (C=O) groups is 1. The van der Waals surface area contributed by atoms with Gasteiger partial charge in [-0.15, -0.1) is 0 Å². The van der Waals surface area contributed by atoms with Gasteiger partial charge in [0.1, 0.15) is 0 Å². The summed E-state index contributed by atoms with van der Waals surface area (Å²) < 4.78 is 0. The molecular formula is C9H13NO2. The summed E-state index contributed by atoms with van der Waals surface area (Å²) in [6, 6.07) is 7.63. The van der Waals surface area contributed by atoms with Crippen molar-refractivity contribution in [3.8, 4) is 0 Å². The van der Waals surface area contributed by atoms with E-state index in [0.717, 1.165) is 12.8 Å². The first-order valence-electron chi connectivity index (χ1n) is 3.54. The van der Waals surface area contributed by atoms with Crippen LogP contribution in [0.5, 0.6) is 0 Å². The van der Waals surface area contributed by atoms with Gasteiger partial charge in [-0.05, 0) is 19.1 Å². The van der Waals surface area contributed by atoms with Gasteiger partial charge in [0.2, 0.25) is 6.41 Å². The first-order valence-corrected chi connectivity index (χ1v) is 3.54. The van der Waals surface area contributed by atoms with E-state index in [0.29, 0.717) is 6.41 Å². The zero-order valence-corrected chi connectivity index (χ0v) is 7.24. The van der Waals surface area contributed by atoms with Crippen molar-refractivity contribution in [2.75, 3.05) is 12.4 Å². The molecule has 0 saturated carbocycles. The molecule has 2 N–H and O–H groups in total. The van der Waals surface area contributed by atoms with Gasteiger partial charge in [-0.25, -0.2) is 0 Å². The number of aliphatic hydroxyl groups is 1. The number of benzene rings is 1. The van der Waals surface area contributed by atoms with Crippen molar-refractivity contribution in [2.45, 2.75) is 6.92 Å². The fraction of sp³-hybridized carbons (Fsp3) is 0.222. The lowest BCUT2D eigenvalue weighted by molar-refractivity contribution is -0.105. The van der Waals surface area contributed by atoms with Crippen molar-refractivity contribution in [1.82, 2.24) is 0 Å². The van der Waals surface area contributed by atoms with Gasteiger partial charge in [0.05, 0.1) is 0 Å². The average Bonchev–Trinajstić information content (AvgIpc) is 2.13. The molecule has 1 aromatic carbocycles. The number of aliphatic hydroxyl groups excluding tert-OH is 1. The Morgan fingerprint density at radius 2 is 1.75 bits per heavy atom. The highest BCUT2D eigenvalue weighted by atomic mass is 16.2. The molecule has 0 aliphatic heterocycles. The summed E-state index contributed by atoms with van der Waals surface area (Å²) in [5, 5.41) is 9.55. The summed E-state index contributed by atoms with van der Waals surface area (Å²) in [4.78, 5) is 9.95. The Bertz CT molecular complexity index is 218. The molecular weight excluding hydrogens is 154 g/mol. The Morgan fingerprint density at radius 3 is 2.17 bits per heavy atom. The molecule has 1 aromatic rings. The van der Waals surface area contributed by atoms with E-state index in [1.807, 2.05) is 31.2 Å². The number of hydrogen-bond acceptors (Lipinski definition) is 2. The van der Waals surface area contributed by atoms with Gasteiger partial charge in [-0.1, -0.05) is 17.7 Å². The zero-order chi connectivity index (χ0) is 9.40. The SMILES string of the molecule is CO.Cc1ccc(NC=O)cc1. The maximum Gasteiger partial charge on any atom is 0.211 e. The molecule has 0 bridgehead atoms. The van der Waals surface area contributed by atoms with Crippen molar-refractivity contribution in [1.29, 1.82) is 0 Å². The number of anilines is 1. The molecule has 66 valence electrons. The third kappa shape index (κ3) is 3.73. The summed E-state index contributed by atoms with van der Waals surface area (Å²) in [6.07, 6.45) is 0.671. The van der Waals surface area contributed by atoms with Gasteiger partial charge in [0.25, 0.3) is 0 Å². The summed E-state index contributed by atoms with van der Waals surface area (Å²) in [7, 11) is 1.00. The molecule has 3 nitrogen and oxygen atoms in total. The van der Waals surface area contributed by atoms with E-state index in [-0.39, 0.29) is 0 Å². The summed E-state index contributed by atoms with van der Waals surface area (Å²) >= 11 is 0.